The standard InChI is InChI=1S/C17H21N3O2/c1-11-10-19-17(22-11)12-4-2-6-14(8-12)20-16(21)15-7-3-5-13(15)9-18/h2,4,6,8,10,13,15H,3,5,7,9,18H2,1H3,(H,20,21)/t13-,15-/m1/s1. The third-order valence-corrected chi connectivity index (χ3v) is 4.30. The van der Waals surface area contributed by atoms with Gasteiger partial charge in [0, 0.05) is 17.2 Å². The van der Waals surface area contributed by atoms with Gasteiger partial charge in [-0.3, -0.25) is 4.79 Å². The van der Waals surface area contributed by atoms with Crippen molar-refractivity contribution in [3.05, 3.63) is 36.2 Å². The molecule has 116 valence electrons. The number of aromatic nitrogens is 1. The van der Waals surface area contributed by atoms with Crippen LogP contribution in [0.3, 0.4) is 0 Å². The molecule has 5 nitrogen and oxygen atoms in total. The second kappa shape index (κ2) is 6.32. The number of anilines is 1. The van der Waals surface area contributed by atoms with Gasteiger partial charge >= 0.3 is 0 Å². The van der Waals surface area contributed by atoms with Crippen LogP contribution in [-0.4, -0.2) is 17.4 Å². The molecule has 1 aromatic carbocycles. The number of rotatable bonds is 4. The lowest BCUT2D eigenvalue weighted by Gasteiger charge is -2.17. The van der Waals surface area contributed by atoms with E-state index in [-0.39, 0.29) is 11.8 Å². The Morgan fingerprint density at radius 2 is 2.32 bits per heavy atom. The van der Waals surface area contributed by atoms with Crippen LogP contribution in [0, 0.1) is 18.8 Å². The first-order valence-corrected chi connectivity index (χ1v) is 7.71. The Hall–Kier alpha value is -2.14. The summed E-state index contributed by atoms with van der Waals surface area (Å²) < 4.78 is 5.52. The average molecular weight is 299 g/mol. The van der Waals surface area contributed by atoms with E-state index in [2.05, 4.69) is 10.3 Å². The Morgan fingerprint density at radius 3 is 3.05 bits per heavy atom. The van der Waals surface area contributed by atoms with E-state index in [9.17, 15) is 4.79 Å². The Morgan fingerprint density at radius 1 is 1.45 bits per heavy atom. The van der Waals surface area contributed by atoms with Gasteiger partial charge < -0.3 is 15.5 Å². The number of carbonyl (C=O) groups excluding carboxylic acids is 1. The predicted molar refractivity (Wildman–Crippen MR) is 85.2 cm³/mol. The summed E-state index contributed by atoms with van der Waals surface area (Å²) in [6, 6.07) is 7.57. The number of carbonyl (C=O) groups is 1. The van der Waals surface area contributed by atoms with E-state index in [1.807, 2.05) is 31.2 Å². The first-order chi connectivity index (χ1) is 10.7. The average Bonchev–Trinajstić information content (AvgIpc) is 3.16. The molecule has 22 heavy (non-hydrogen) atoms. The maximum Gasteiger partial charge on any atom is 0.227 e. The first-order valence-electron chi connectivity index (χ1n) is 7.71. The number of amides is 1. The van der Waals surface area contributed by atoms with Crippen molar-refractivity contribution >= 4 is 11.6 Å². The molecule has 3 rings (SSSR count). The molecule has 1 fully saturated rings. The highest BCUT2D eigenvalue weighted by Crippen LogP contribution is 2.32. The van der Waals surface area contributed by atoms with Crippen molar-refractivity contribution in [1.29, 1.82) is 0 Å². The summed E-state index contributed by atoms with van der Waals surface area (Å²) in [6.45, 7) is 2.43. The summed E-state index contributed by atoms with van der Waals surface area (Å²) >= 11 is 0. The van der Waals surface area contributed by atoms with Crippen LogP contribution in [0.15, 0.2) is 34.9 Å². The molecule has 2 atom stereocenters. The monoisotopic (exact) mass is 299 g/mol. The molecule has 1 aliphatic carbocycles. The predicted octanol–water partition coefficient (Wildman–Crippen LogP) is 2.96. The van der Waals surface area contributed by atoms with E-state index in [1.54, 1.807) is 6.20 Å². The van der Waals surface area contributed by atoms with Gasteiger partial charge in [0.2, 0.25) is 11.8 Å². The summed E-state index contributed by atoms with van der Waals surface area (Å²) in [5.74, 6) is 1.72. The van der Waals surface area contributed by atoms with Gasteiger partial charge in [0.1, 0.15) is 5.76 Å². The van der Waals surface area contributed by atoms with E-state index < -0.39 is 0 Å². The summed E-state index contributed by atoms with van der Waals surface area (Å²) in [7, 11) is 0. The van der Waals surface area contributed by atoms with Crippen molar-refractivity contribution in [2.24, 2.45) is 17.6 Å². The largest absolute Gasteiger partial charge is 0.441 e. The van der Waals surface area contributed by atoms with Gasteiger partial charge in [-0.25, -0.2) is 4.98 Å². The first kappa shape index (κ1) is 14.8. The van der Waals surface area contributed by atoms with Gasteiger partial charge in [-0.1, -0.05) is 12.5 Å². The highest BCUT2D eigenvalue weighted by molar-refractivity contribution is 5.93. The molecule has 0 aliphatic heterocycles. The smallest absolute Gasteiger partial charge is 0.227 e. The van der Waals surface area contributed by atoms with Crippen LogP contribution in [0.1, 0.15) is 25.0 Å². The van der Waals surface area contributed by atoms with Crippen LogP contribution in [-0.2, 0) is 4.79 Å². The fraction of sp³-hybridized carbons (Fsp3) is 0.412. The van der Waals surface area contributed by atoms with E-state index in [0.717, 1.165) is 36.3 Å². The van der Waals surface area contributed by atoms with Gasteiger partial charge in [0.25, 0.3) is 0 Å². The number of nitrogens with one attached hydrogen (secondary N) is 1. The van der Waals surface area contributed by atoms with Crippen LogP contribution in [0.25, 0.3) is 11.5 Å². The molecule has 1 saturated carbocycles. The minimum atomic E-state index is 0.0256. The van der Waals surface area contributed by atoms with Gasteiger partial charge in [-0.2, -0.15) is 0 Å². The number of nitrogens with two attached hydrogens (primary N) is 1. The Kier molecular flexibility index (Phi) is 4.24. The molecule has 5 heteroatoms. The Bertz CT molecular complexity index is 665. The quantitative estimate of drug-likeness (QED) is 0.909. The molecule has 0 radical (unpaired) electrons. The lowest BCUT2D eigenvalue weighted by Crippen LogP contribution is -2.29. The topological polar surface area (TPSA) is 81.2 Å². The van der Waals surface area contributed by atoms with Crippen molar-refractivity contribution in [3.8, 4) is 11.5 Å². The molecule has 3 N–H and O–H groups in total. The summed E-state index contributed by atoms with van der Waals surface area (Å²) in [5, 5.41) is 3.00. The third kappa shape index (κ3) is 3.04. The van der Waals surface area contributed by atoms with Crippen molar-refractivity contribution in [2.45, 2.75) is 26.2 Å². The number of benzene rings is 1. The maximum atomic E-state index is 12.4. The molecule has 0 bridgehead atoms. The highest BCUT2D eigenvalue weighted by Gasteiger charge is 2.31. The second-order valence-corrected chi connectivity index (χ2v) is 5.88. The molecule has 0 saturated heterocycles. The minimum Gasteiger partial charge on any atom is -0.441 e. The number of hydrogen-bond donors (Lipinski definition) is 2. The number of oxazole rings is 1. The minimum absolute atomic E-state index is 0.0256. The molecule has 0 unspecified atom stereocenters. The van der Waals surface area contributed by atoms with Crippen LogP contribution < -0.4 is 11.1 Å². The zero-order chi connectivity index (χ0) is 15.5. The maximum absolute atomic E-state index is 12.4. The lowest BCUT2D eigenvalue weighted by molar-refractivity contribution is -0.120. The molecular formula is C17H21N3O2. The van der Waals surface area contributed by atoms with Crippen molar-refractivity contribution in [2.75, 3.05) is 11.9 Å². The fourth-order valence-electron chi connectivity index (χ4n) is 3.12. The zero-order valence-electron chi connectivity index (χ0n) is 12.7. The summed E-state index contributed by atoms with van der Waals surface area (Å²) in [4.78, 5) is 16.6. The third-order valence-electron chi connectivity index (χ3n) is 4.30. The SMILES string of the molecule is Cc1cnc(-c2cccc(NC(=O)[C@@H]3CCC[C@@H]3CN)c2)o1. The molecule has 1 aliphatic rings. The van der Waals surface area contributed by atoms with E-state index in [1.165, 1.54) is 0 Å². The Balaban J connectivity index is 1.74. The van der Waals surface area contributed by atoms with Crippen LogP contribution in [0.4, 0.5) is 5.69 Å². The number of aryl methyl sites for hydroxylation is 1. The fourth-order valence-corrected chi connectivity index (χ4v) is 3.12. The molecule has 1 amide bonds. The number of nitrogens with zero attached hydrogens (tertiary/aromatic N) is 1. The molecule has 0 spiro atoms. The molecule has 1 heterocycles. The van der Waals surface area contributed by atoms with Gasteiger partial charge in [0.15, 0.2) is 0 Å². The lowest BCUT2D eigenvalue weighted by atomic mass is 9.95. The van der Waals surface area contributed by atoms with Crippen molar-refractivity contribution in [1.82, 2.24) is 4.98 Å². The van der Waals surface area contributed by atoms with Gasteiger partial charge in [0.05, 0.1) is 6.20 Å². The summed E-state index contributed by atoms with van der Waals surface area (Å²) in [5.41, 5.74) is 7.38. The van der Waals surface area contributed by atoms with Crippen LogP contribution in [0.5, 0.6) is 0 Å². The van der Waals surface area contributed by atoms with E-state index >= 15 is 0 Å². The van der Waals surface area contributed by atoms with E-state index in [4.69, 9.17) is 10.2 Å². The normalized spacial score (nSPS) is 21.0. The molecular weight excluding hydrogens is 278 g/mol. The molecule has 1 aromatic heterocycles. The van der Waals surface area contributed by atoms with Crippen LogP contribution in [0.2, 0.25) is 0 Å². The van der Waals surface area contributed by atoms with Crippen molar-refractivity contribution < 1.29 is 9.21 Å². The second-order valence-electron chi connectivity index (χ2n) is 5.88. The van der Waals surface area contributed by atoms with Crippen molar-refractivity contribution in [3.63, 3.8) is 0 Å². The number of hydrogen-bond acceptors (Lipinski definition) is 4. The Labute approximate surface area is 129 Å². The zero-order valence-corrected chi connectivity index (χ0v) is 12.7. The van der Waals surface area contributed by atoms with Crippen LogP contribution >= 0.6 is 0 Å². The van der Waals surface area contributed by atoms with Gasteiger partial charge in [-0.15, -0.1) is 0 Å². The summed E-state index contributed by atoms with van der Waals surface area (Å²) in [6.07, 6.45) is 4.73. The van der Waals surface area contributed by atoms with E-state index in [0.29, 0.717) is 18.4 Å². The van der Waals surface area contributed by atoms with Gasteiger partial charge in [-0.05, 0) is 50.4 Å². The highest BCUT2D eigenvalue weighted by atomic mass is 16.4. The molecule has 2 aromatic rings.